The second-order valence-corrected chi connectivity index (χ2v) is 6.04. The van der Waals surface area contributed by atoms with Crippen LogP contribution in [0.3, 0.4) is 0 Å². The summed E-state index contributed by atoms with van der Waals surface area (Å²) < 4.78 is 7.38. The summed E-state index contributed by atoms with van der Waals surface area (Å²) in [7, 11) is 0. The molecule has 0 saturated heterocycles. The lowest BCUT2D eigenvalue weighted by molar-refractivity contribution is -0.385. The smallest absolute Gasteiger partial charge is 0.306 e. The first kappa shape index (κ1) is 16.9. The van der Waals surface area contributed by atoms with Crippen molar-refractivity contribution >= 4 is 11.6 Å². The molecular formula is C17H20N4O4. The second kappa shape index (κ2) is 7.78. The Morgan fingerprint density at radius 3 is 2.88 bits per heavy atom. The summed E-state index contributed by atoms with van der Waals surface area (Å²) in [5, 5.41) is 17.5. The molecule has 1 aromatic carbocycles. The minimum atomic E-state index is -0.506. The molecule has 1 saturated carbocycles. The van der Waals surface area contributed by atoms with Gasteiger partial charge in [0.2, 0.25) is 5.91 Å². The molecule has 1 amide bonds. The number of hydrogen-bond donors (Lipinski definition) is 1. The van der Waals surface area contributed by atoms with Crippen LogP contribution in [0.15, 0.2) is 42.7 Å². The molecule has 8 heteroatoms. The Labute approximate surface area is 144 Å². The minimum Gasteiger partial charge on any atom is -0.488 e. The summed E-state index contributed by atoms with van der Waals surface area (Å²) in [6.07, 6.45) is 5.49. The Hall–Kier alpha value is -2.90. The summed E-state index contributed by atoms with van der Waals surface area (Å²) in [6, 6.07) is 9.56. The van der Waals surface area contributed by atoms with Crippen LogP contribution < -0.4 is 10.1 Å². The number of benzene rings is 1. The van der Waals surface area contributed by atoms with E-state index in [0.717, 1.165) is 25.0 Å². The fourth-order valence-corrected chi connectivity index (χ4v) is 2.97. The van der Waals surface area contributed by atoms with Gasteiger partial charge >= 0.3 is 5.69 Å². The Kier molecular flexibility index (Phi) is 5.27. The van der Waals surface area contributed by atoms with Crippen LogP contribution in [-0.2, 0) is 11.3 Å². The fourth-order valence-electron chi connectivity index (χ4n) is 2.97. The van der Waals surface area contributed by atoms with Crippen LogP contribution >= 0.6 is 0 Å². The van der Waals surface area contributed by atoms with Gasteiger partial charge in [0.15, 0.2) is 0 Å². The van der Waals surface area contributed by atoms with E-state index >= 15 is 0 Å². The van der Waals surface area contributed by atoms with Gasteiger partial charge in [-0.05, 0) is 31.4 Å². The van der Waals surface area contributed by atoms with Gasteiger partial charge in [-0.15, -0.1) is 0 Å². The number of carbonyl (C=O) groups is 1. The summed E-state index contributed by atoms with van der Waals surface area (Å²) in [4.78, 5) is 22.3. The highest BCUT2D eigenvalue weighted by Crippen LogP contribution is 2.24. The predicted molar refractivity (Wildman–Crippen MR) is 90.1 cm³/mol. The van der Waals surface area contributed by atoms with Crippen molar-refractivity contribution < 1.29 is 14.5 Å². The molecule has 25 heavy (non-hydrogen) atoms. The highest BCUT2D eigenvalue weighted by atomic mass is 16.6. The van der Waals surface area contributed by atoms with Crippen molar-refractivity contribution in [3.05, 3.63) is 52.8 Å². The number of aromatic nitrogens is 2. The number of para-hydroxylation sites is 1. The van der Waals surface area contributed by atoms with Crippen molar-refractivity contribution in [3.8, 4) is 5.75 Å². The van der Waals surface area contributed by atoms with Crippen molar-refractivity contribution in [3.63, 3.8) is 0 Å². The van der Waals surface area contributed by atoms with E-state index in [1.807, 2.05) is 30.3 Å². The summed E-state index contributed by atoms with van der Waals surface area (Å²) in [6.45, 7) is 0.302. The third-order valence-electron chi connectivity index (χ3n) is 4.23. The quantitative estimate of drug-likeness (QED) is 0.614. The molecule has 1 aliphatic rings. The average molecular weight is 344 g/mol. The van der Waals surface area contributed by atoms with E-state index in [9.17, 15) is 14.9 Å². The van der Waals surface area contributed by atoms with E-state index in [2.05, 4.69) is 10.4 Å². The van der Waals surface area contributed by atoms with E-state index in [1.165, 1.54) is 17.1 Å². The fraction of sp³-hybridized carbons (Fsp3) is 0.412. The van der Waals surface area contributed by atoms with E-state index in [0.29, 0.717) is 6.54 Å². The first-order valence-corrected chi connectivity index (χ1v) is 8.30. The summed E-state index contributed by atoms with van der Waals surface area (Å²) in [5.41, 5.74) is -0.0764. The molecule has 2 aromatic rings. The number of nitrogens with zero attached hydrogens (tertiary/aromatic N) is 3. The SMILES string of the molecule is O=C(CCn1cc([N+](=O)[O-])cn1)N[C@H]1CCC[C@@H]1Oc1ccccc1. The van der Waals surface area contributed by atoms with Crippen LogP contribution in [0.2, 0.25) is 0 Å². The van der Waals surface area contributed by atoms with Crippen LogP contribution in [-0.4, -0.2) is 32.8 Å². The monoisotopic (exact) mass is 344 g/mol. The molecule has 1 aromatic heterocycles. The normalized spacial score (nSPS) is 19.5. The molecule has 0 spiro atoms. The minimum absolute atomic E-state index is 0.0142. The first-order valence-electron chi connectivity index (χ1n) is 8.30. The second-order valence-electron chi connectivity index (χ2n) is 6.04. The highest BCUT2D eigenvalue weighted by Gasteiger charge is 2.30. The molecule has 0 bridgehead atoms. The Bertz CT molecular complexity index is 731. The topological polar surface area (TPSA) is 99.3 Å². The van der Waals surface area contributed by atoms with Crippen molar-refractivity contribution in [2.24, 2.45) is 0 Å². The maximum Gasteiger partial charge on any atom is 0.306 e. The number of nitro groups is 1. The standard InChI is InChI=1S/C17H20N4O4/c22-17(9-10-20-12-13(11-18-20)21(23)24)19-15-7-4-8-16(15)25-14-5-2-1-3-6-14/h1-3,5-6,11-12,15-16H,4,7-10H2,(H,19,22)/t15-,16-/m0/s1. The van der Waals surface area contributed by atoms with Crippen LogP contribution in [0.5, 0.6) is 5.75 Å². The maximum absolute atomic E-state index is 12.2. The van der Waals surface area contributed by atoms with E-state index in [1.54, 1.807) is 0 Å². The van der Waals surface area contributed by atoms with Gasteiger partial charge in [0.05, 0.1) is 11.0 Å². The van der Waals surface area contributed by atoms with Crippen molar-refractivity contribution in [2.75, 3.05) is 0 Å². The molecule has 0 radical (unpaired) electrons. The third kappa shape index (κ3) is 4.56. The van der Waals surface area contributed by atoms with Gasteiger partial charge in [-0.2, -0.15) is 5.10 Å². The Morgan fingerprint density at radius 1 is 1.36 bits per heavy atom. The molecule has 0 aliphatic heterocycles. The Balaban J connectivity index is 1.48. The number of hydrogen-bond acceptors (Lipinski definition) is 5. The number of nitrogens with one attached hydrogen (secondary N) is 1. The average Bonchev–Trinajstić information content (AvgIpc) is 3.24. The molecular weight excluding hydrogens is 324 g/mol. The van der Waals surface area contributed by atoms with Gasteiger partial charge in [-0.25, -0.2) is 0 Å². The van der Waals surface area contributed by atoms with E-state index < -0.39 is 4.92 Å². The number of amides is 1. The number of carbonyl (C=O) groups excluding carboxylic acids is 1. The molecule has 1 aliphatic carbocycles. The highest BCUT2D eigenvalue weighted by molar-refractivity contribution is 5.76. The molecule has 0 unspecified atom stereocenters. The lowest BCUT2D eigenvalue weighted by Crippen LogP contribution is -2.42. The molecule has 1 heterocycles. The lowest BCUT2D eigenvalue weighted by atomic mass is 10.2. The van der Waals surface area contributed by atoms with Gasteiger partial charge < -0.3 is 10.1 Å². The van der Waals surface area contributed by atoms with Crippen molar-refractivity contribution in [1.29, 1.82) is 0 Å². The van der Waals surface area contributed by atoms with Crippen LogP contribution in [0, 0.1) is 10.1 Å². The van der Waals surface area contributed by atoms with E-state index in [4.69, 9.17) is 4.74 Å². The number of aryl methyl sites for hydroxylation is 1. The van der Waals surface area contributed by atoms with E-state index in [-0.39, 0.29) is 30.2 Å². The molecule has 1 fully saturated rings. The van der Waals surface area contributed by atoms with Gasteiger partial charge in [-0.3, -0.25) is 19.6 Å². The summed E-state index contributed by atoms with van der Waals surface area (Å²) >= 11 is 0. The number of ether oxygens (including phenoxy) is 1. The maximum atomic E-state index is 12.2. The van der Waals surface area contributed by atoms with Gasteiger partial charge in [0.1, 0.15) is 24.2 Å². The summed E-state index contributed by atoms with van der Waals surface area (Å²) in [5.74, 6) is 0.698. The van der Waals surface area contributed by atoms with Crippen LogP contribution in [0.1, 0.15) is 25.7 Å². The van der Waals surface area contributed by atoms with Crippen LogP contribution in [0.4, 0.5) is 5.69 Å². The zero-order valence-electron chi connectivity index (χ0n) is 13.7. The molecule has 8 nitrogen and oxygen atoms in total. The van der Waals surface area contributed by atoms with Gasteiger partial charge in [0, 0.05) is 13.0 Å². The van der Waals surface area contributed by atoms with Gasteiger partial charge in [-0.1, -0.05) is 18.2 Å². The molecule has 2 atom stereocenters. The van der Waals surface area contributed by atoms with Crippen molar-refractivity contribution in [1.82, 2.24) is 15.1 Å². The lowest BCUT2D eigenvalue weighted by Gasteiger charge is -2.22. The Morgan fingerprint density at radius 2 is 2.16 bits per heavy atom. The molecule has 132 valence electrons. The van der Waals surface area contributed by atoms with Crippen molar-refractivity contribution in [2.45, 2.75) is 44.4 Å². The van der Waals surface area contributed by atoms with Gasteiger partial charge in [0.25, 0.3) is 0 Å². The largest absolute Gasteiger partial charge is 0.488 e. The predicted octanol–water partition coefficient (Wildman–Crippen LogP) is 2.30. The first-order chi connectivity index (χ1) is 12.1. The zero-order valence-corrected chi connectivity index (χ0v) is 13.7. The number of rotatable bonds is 7. The van der Waals surface area contributed by atoms with Crippen LogP contribution in [0.25, 0.3) is 0 Å². The third-order valence-corrected chi connectivity index (χ3v) is 4.23. The zero-order chi connectivity index (χ0) is 17.6. The molecule has 3 rings (SSSR count). The molecule has 1 N–H and O–H groups in total.